The maximum atomic E-state index is 12.9. The molecule has 0 bridgehead atoms. The monoisotopic (exact) mass is 378 g/mol. The Hall–Kier alpha value is -3.21. The number of Topliss-reactive ketones (excluding diaryl/α,β-unsaturated/α-hetero) is 1. The molecule has 1 heterocycles. The normalized spacial score (nSPS) is 10.6. The minimum Gasteiger partial charge on any atom is -0.497 e. The molecule has 5 heteroatoms. The molecule has 3 aromatic rings. The van der Waals surface area contributed by atoms with Gasteiger partial charge in [0, 0.05) is 28.7 Å². The van der Waals surface area contributed by atoms with Gasteiger partial charge in [-0.1, -0.05) is 17.7 Å². The smallest absolute Gasteiger partial charge is 0.183 e. The molecule has 0 unspecified atom stereocenters. The van der Waals surface area contributed by atoms with Crippen LogP contribution in [0.2, 0.25) is 0 Å². The lowest BCUT2D eigenvalue weighted by Crippen LogP contribution is -2.15. The first-order valence-corrected chi connectivity index (χ1v) is 9.19. The van der Waals surface area contributed by atoms with Gasteiger partial charge in [0.25, 0.3) is 0 Å². The Kier molecular flexibility index (Phi) is 5.73. The average molecular weight is 378 g/mol. The van der Waals surface area contributed by atoms with Gasteiger partial charge in [0.05, 0.1) is 26.5 Å². The predicted octanol–water partition coefficient (Wildman–Crippen LogP) is 4.71. The Morgan fingerprint density at radius 3 is 2.32 bits per heavy atom. The van der Waals surface area contributed by atoms with Crippen LogP contribution in [0.3, 0.4) is 0 Å². The van der Waals surface area contributed by atoms with Crippen LogP contribution in [0.25, 0.3) is 5.69 Å². The lowest BCUT2D eigenvalue weighted by Gasteiger charge is -2.13. The van der Waals surface area contributed by atoms with Crippen molar-refractivity contribution < 1.29 is 14.3 Å². The minimum absolute atomic E-state index is 0.0244. The van der Waals surface area contributed by atoms with E-state index >= 15 is 0 Å². The number of rotatable bonds is 7. The number of anilines is 1. The van der Waals surface area contributed by atoms with Gasteiger partial charge in [-0.3, -0.25) is 4.79 Å². The van der Waals surface area contributed by atoms with Gasteiger partial charge in [0.2, 0.25) is 0 Å². The minimum atomic E-state index is 0.0244. The molecule has 3 rings (SSSR count). The summed E-state index contributed by atoms with van der Waals surface area (Å²) in [6.07, 6.45) is 0. The highest BCUT2D eigenvalue weighted by Gasteiger charge is 2.17. The summed E-state index contributed by atoms with van der Waals surface area (Å²) in [5, 5.41) is 3.18. The maximum Gasteiger partial charge on any atom is 0.183 e. The number of carbonyl (C=O) groups is 1. The second kappa shape index (κ2) is 8.21. The fourth-order valence-electron chi connectivity index (χ4n) is 3.36. The van der Waals surface area contributed by atoms with Crippen LogP contribution in [0.1, 0.15) is 27.3 Å². The maximum absolute atomic E-state index is 12.9. The van der Waals surface area contributed by atoms with E-state index in [0.717, 1.165) is 22.8 Å². The Bertz CT molecular complexity index is 988. The Morgan fingerprint density at radius 1 is 0.964 bits per heavy atom. The van der Waals surface area contributed by atoms with Gasteiger partial charge in [-0.25, -0.2) is 0 Å². The second-order valence-corrected chi connectivity index (χ2v) is 6.80. The van der Waals surface area contributed by atoms with E-state index in [2.05, 4.69) is 41.1 Å². The fourth-order valence-corrected chi connectivity index (χ4v) is 3.36. The predicted molar refractivity (Wildman–Crippen MR) is 112 cm³/mol. The van der Waals surface area contributed by atoms with Crippen LogP contribution in [0.15, 0.2) is 48.5 Å². The van der Waals surface area contributed by atoms with E-state index in [1.165, 1.54) is 5.56 Å². The van der Waals surface area contributed by atoms with E-state index in [1.54, 1.807) is 14.2 Å². The largest absolute Gasteiger partial charge is 0.497 e. The van der Waals surface area contributed by atoms with Crippen LogP contribution in [-0.4, -0.2) is 31.1 Å². The Morgan fingerprint density at radius 2 is 1.68 bits per heavy atom. The summed E-state index contributed by atoms with van der Waals surface area (Å²) < 4.78 is 12.7. The number of carbonyl (C=O) groups excluding carboxylic acids is 1. The molecular formula is C23H26N2O3. The van der Waals surface area contributed by atoms with Gasteiger partial charge in [-0.2, -0.15) is 0 Å². The topological polar surface area (TPSA) is 52.5 Å². The second-order valence-electron chi connectivity index (χ2n) is 6.80. The van der Waals surface area contributed by atoms with Crippen molar-refractivity contribution in [2.75, 3.05) is 26.1 Å². The molecule has 0 amide bonds. The van der Waals surface area contributed by atoms with E-state index in [0.29, 0.717) is 17.1 Å². The van der Waals surface area contributed by atoms with Gasteiger partial charge in [-0.05, 0) is 51.1 Å². The number of benzene rings is 2. The number of ether oxygens (including phenoxy) is 2. The van der Waals surface area contributed by atoms with Crippen molar-refractivity contribution in [3.05, 3.63) is 71.0 Å². The zero-order valence-corrected chi connectivity index (χ0v) is 17.0. The van der Waals surface area contributed by atoms with Gasteiger partial charge >= 0.3 is 0 Å². The molecule has 1 aromatic heterocycles. The number of hydrogen-bond acceptors (Lipinski definition) is 4. The average Bonchev–Trinajstić information content (AvgIpc) is 3.00. The molecule has 0 saturated carbocycles. The molecule has 0 radical (unpaired) electrons. The van der Waals surface area contributed by atoms with Crippen molar-refractivity contribution >= 4 is 11.5 Å². The highest BCUT2D eigenvalue weighted by atomic mass is 16.5. The Labute approximate surface area is 165 Å². The zero-order chi connectivity index (χ0) is 20.3. The number of hydrogen-bond donors (Lipinski definition) is 1. The number of aromatic nitrogens is 1. The summed E-state index contributed by atoms with van der Waals surface area (Å²) in [5.41, 5.74) is 5.67. The van der Waals surface area contributed by atoms with Crippen LogP contribution in [0.4, 0.5) is 5.69 Å². The molecule has 146 valence electrons. The quantitative estimate of drug-likeness (QED) is 0.605. The van der Waals surface area contributed by atoms with Crippen LogP contribution in [-0.2, 0) is 0 Å². The molecule has 0 fully saturated rings. The third-order valence-corrected chi connectivity index (χ3v) is 4.87. The van der Waals surface area contributed by atoms with Crippen molar-refractivity contribution in [2.45, 2.75) is 20.8 Å². The summed E-state index contributed by atoms with van der Waals surface area (Å²) in [6.45, 7) is 6.22. The van der Waals surface area contributed by atoms with E-state index in [1.807, 2.05) is 38.1 Å². The number of ketones is 1. The lowest BCUT2D eigenvalue weighted by molar-refractivity contribution is 0.101. The third-order valence-electron chi connectivity index (χ3n) is 4.87. The van der Waals surface area contributed by atoms with Gasteiger partial charge in [-0.15, -0.1) is 0 Å². The number of nitrogens with one attached hydrogen (secondary N) is 1. The zero-order valence-electron chi connectivity index (χ0n) is 17.0. The fraction of sp³-hybridized carbons (Fsp3) is 0.261. The molecular weight excluding hydrogens is 352 g/mol. The first kappa shape index (κ1) is 19.5. The molecule has 0 spiro atoms. The summed E-state index contributed by atoms with van der Waals surface area (Å²) in [5.74, 6) is 1.39. The standard InChI is InChI=1S/C23H26N2O3/c1-15-6-8-18(9-7-15)25-16(2)12-20(17(25)3)22(26)14-24-21-13-19(27-4)10-11-23(21)28-5/h6-13,24H,14H2,1-5H3. The molecule has 0 atom stereocenters. The molecule has 1 N–H and O–H groups in total. The highest BCUT2D eigenvalue weighted by Crippen LogP contribution is 2.29. The summed E-state index contributed by atoms with van der Waals surface area (Å²) >= 11 is 0. The molecule has 0 saturated heterocycles. The van der Waals surface area contributed by atoms with Gasteiger partial charge in [0.15, 0.2) is 5.78 Å². The van der Waals surface area contributed by atoms with Crippen molar-refractivity contribution in [2.24, 2.45) is 0 Å². The SMILES string of the molecule is COc1ccc(OC)c(NCC(=O)c2cc(C)n(-c3ccc(C)cc3)c2C)c1. The Balaban J connectivity index is 1.82. The van der Waals surface area contributed by atoms with Crippen molar-refractivity contribution in [3.8, 4) is 17.2 Å². The first-order chi connectivity index (χ1) is 13.4. The summed E-state index contributed by atoms with van der Waals surface area (Å²) in [6, 6.07) is 15.7. The van der Waals surface area contributed by atoms with E-state index in [9.17, 15) is 4.79 Å². The van der Waals surface area contributed by atoms with Crippen LogP contribution >= 0.6 is 0 Å². The molecule has 5 nitrogen and oxygen atoms in total. The van der Waals surface area contributed by atoms with Crippen LogP contribution < -0.4 is 14.8 Å². The highest BCUT2D eigenvalue weighted by molar-refractivity contribution is 6.00. The van der Waals surface area contributed by atoms with E-state index in [4.69, 9.17) is 9.47 Å². The van der Waals surface area contributed by atoms with Crippen LogP contribution in [0.5, 0.6) is 11.5 Å². The number of methoxy groups -OCH3 is 2. The molecule has 0 aliphatic heterocycles. The summed E-state index contributed by atoms with van der Waals surface area (Å²) in [4.78, 5) is 12.9. The molecule has 2 aromatic carbocycles. The summed E-state index contributed by atoms with van der Waals surface area (Å²) in [7, 11) is 3.21. The van der Waals surface area contributed by atoms with Crippen molar-refractivity contribution in [1.29, 1.82) is 0 Å². The van der Waals surface area contributed by atoms with E-state index < -0.39 is 0 Å². The lowest BCUT2D eigenvalue weighted by atomic mass is 10.1. The molecule has 0 aliphatic carbocycles. The van der Waals surface area contributed by atoms with Crippen molar-refractivity contribution in [3.63, 3.8) is 0 Å². The van der Waals surface area contributed by atoms with Gasteiger partial charge < -0.3 is 19.4 Å². The van der Waals surface area contributed by atoms with Crippen LogP contribution in [0, 0.1) is 20.8 Å². The number of aryl methyl sites for hydroxylation is 2. The molecule has 28 heavy (non-hydrogen) atoms. The molecule has 0 aliphatic rings. The van der Waals surface area contributed by atoms with Gasteiger partial charge in [0.1, 0.15) is 11.5 Å². The number of nitrogens with zero attached hydrogens (tertiary/aromatic N) is 1. The third kappa shape index (κ3) is 3.88. The first-order valence-electron chi connectivity index (χ1n) is 9.19. The van der Waals surface area contributed by atoms with Crippen molar-refractivity contribution in [1.82, 2.24) is 4.57 Å². The van der Waals surface area contributed by atoms with E-state index in [-0.39, 0.29) is 12.3 Å².